The van der Waals surface area contributed by atoms with E-state index in [1.54, 1.807) is 32.2 Å². The summed E-state index contributed by atoms with van der Waals surface area (Å²) in [7, 11) is 1.60. The molecule has 3 rings (SSSR count). The maximum Gasteiger partial charge on any atom is 0.325 e. The van der Waals surface area contributed by atoms with Crippen LogP contribution in [0.25, 0.3) is 0 Å². The molecule has 152 valence electrons. The number of carbonyl (C=O) groups is 3. The molecule has 1 heterocycles. The van der Waals surface area contributed by atoms with Crippen molar-refractivity contribution in [3.05, 3.63) is 64.1 Å². The molecule has 0 spiro atoms. The molecule has 4 amide bonds. The largest absolute Gasteiger partial charge is 0.497 e. The maximum absolute atomic E-state index is 12.9. The molecule has 2 aromatic carbocycles. The fourth-order valence-corrected chi connectivity index (χ4v) is 3.57. The summed E-state index contributed by atoms with van der Waals surface area (Å²) in [6, 6.07) is 14.1. The van der Waals surface area contributed by atoms with Gasteiger partial charge in [-0.15, -0.1) is 0 Å². The number of carbonyl (C=O) groups excluding carboxylic acids is 3. The number of benzene rings is 2. The lowest BCUT2D eigenvalue weighted by atomic mass is 9.92. The molecule has 1 fully saturated rings. The van der Waals surface area contributed by atoms with Gasteiger partial charge in [-0.3, -0.25) is 14.5 Å². The fraction of sp³-hybridized carbons (Fsp3) is 0.286. The van der Waals surface area contributed by atoms with E-state index < -0.39 is 17.5 Å². The molecule has 0 bridgehead atoms. The lowest BCUT2D eigenvalue weighted by Gasteiger charge is -2.22. The number of ether oxygens (including phenoxy) is 1. The minimum atomic E-state index is -1.20. The Hall–Kier alpha value is -2.87. The first-order valence-electron chi connectivity index (χ1n) is 9.13. The first-order valence-corrected chi connectivity index (χ1v) is 9.92. The van der Waals surface area contributed by atoms with Crippen LogP contribution in [-0.2, 0) is 21.5 Å². The highest BCUT2D eigenvalue weighted by molar-refractivity contribution is 9.10. The van der Waals surface area contributed by atoms with E-state index in [1.165, 1.54) is 0 Å². The van der Waals surface area contributed by atoms with Crippen molar-refractivity contribution in [1.82, 2.24) is 15.5 Å². The summed E-state index contributed by atoms with van der Waals surface area (Å²) in [6.45, 7) is 1.71. The Kier molecular flexibility index (Phi) is 6.22. The number of urea groups is 1. The summed E-state index contributed by atoms with van der Waals surface area (Å²) in [4.78, 5) is 38.4. The molecule has 1 aliphatic rings. The zero-order valence-electron chi connectivity index (χ0n) is 16.2. The number of imide groups is 1. The third-order valence-corrected chi connectivity index (χ3v) is 5.37. The van der Waals surface area contributed by atoms with Gasteiger partial charge in [-0.25, -0.2) is 4.79 Å². The van der Waals surface area contributed by atoms with Crippen molar-refractivity contribution < 1.29 is 19.1 Å². The molecule has 2 aromatic rings. The van der Waals surface area contributed by atoms with Crippen LogP contribution in [0.15, 0.2) is 53.0 Å². The smallest absolute Gasteiger partial charge is 0.325 e. The number of rotatable bonds is 7. The SMILES string of the molecule is COc1ccc(CCNC(=O)CN2C(=O)NC(C)(c3cccc(Br)c3)C2=O)cc1. The minimum absolute atomic E-state index is 0.323. The van der Waals surface area contributed by atoms with Gasteiger partial charge < -0.3 is 15.4 Å². The molecule has 2 N–H and O–H groups in total. The van der Waals surface area contributed by atoms with E-state index in [0.29, 0.717) is 18.5 Å². The molecule has 7 nitrogen and oxygen atoms in total. The van der Waals surface area contributed by atoms with Crippen LogP contribution in [-0.4, -0.2) is 42.9 Å². The van der Waals surface area contributed by atoms with Crippen molar-refractivity contribution in [1.29, 1.82) is 0 Å². The average molecular weight is 460 g/mol. The predicted octanol–water partition coefficient (Wildman–Crippen LogP) is 2.58. The Morgan fingerprint density at radius 3 is 2.59 bits per heavy atom. The van der Waals surface area contributed by atoms with E-state index in [-0.39, 0.29) is 12.5 Å². The lowest BCUT2D eigenvalue weighted by Crippen LogP contribution is -2.43. The average Bonchev–Trinajstić information content (AvgIpc) is 2.92. The van der Waals surface area contributed by atoms with Crippen LogP contribution in [0.5, 0.6) is 5.75 Å². The Morgan fingerprint density at radius 2 is 1.93 bits per heavy atom. The fourth-order valence-electron chi connectivity index (χ4n) is 3.17. The van der Waals surface area contributed by atoms with E-state index >= 15 is 0 Å². The monoisotopic (exact) mass is 459 g/mol. The molecule has 0 aromatic heterocycles. The van der Waals surface area contributed by atoms with E-state index in [0.717, 1.165) is 20.7 Å². The summed E-state index contributed by atoms with van der Waals surface area (Å²) in [5.41, 5.74) is 0.487. The standard InChI is InChI=1S/C21H22BrN3O4/c1-21(15-4-3-5-16(22)12-15)19(27)25(20(28)24-21)13-18(26)23-11-10-14-6-8-17(29-2)9-7-14/h3-9,12H,10-11,13H2,1-2H3,(H,23,26)(H,24,28). The van der Waals surface area contributed by atoms with Crippen LogP contribution in [0, 0.1) is 0 Å². The van der Waals surface area contributed by atoms with Crippen LogP contribution >= 0.6 is 15.9 Å². The Bertz CT molecular complexity index is 932. The third kappa shape index (κ3) is 4.59. The topological polar surface area (TPSA) is 87.7 Å². The Balaban J connectivity index is 1.57. The molecule has 0 radical (unpaired) electrons. The van der Waals surface area contributed by atoms with Gasteiger partial charge >= 0.3 is 6.03 Å². The second-order valence-corrected chi connectivity index (χ2v) is 7.82. The molecule has 1 unspecified atom stereocenters. The van der Waals surface area contributed by atoms with Crippen LogP contribution < -0.4 is 15.4 Å². The summed E-state index contributed by atoms with van der Waals surface area (Å²) in [5.74, 6) is -0.0729. The number of hydrogen-bond donors (Lipinski definition) is 2. The summed E-state index contributed by atoms with van der Waals surface area (Å²) in [5, 5.41) is 5.45. The van der Waals surface area contributed by atoms with Gasteiger partial charge in [0.05, 0.1) is 7.11 Å². The zero-order valence-corrected chi connectivity index (χ0v) is 17.8. The summed E-state index contributed by atoms with van der Waals surface area (Å²) < 4.78 is 5.91. The maximum atomic E-state index is 12.9. The van der Waals surface area contributed by atoms with Crippen molar-refractivity contribution in [3.63, 3.8) is 0 Å². The van der Waals surface area contributed by atoms with Crippen LogP contribution in [0.1, 0.15) is 18.1 Å². The number of methoxy groups -OCH3 is 1. The first kappa shape index (κ1) is 20.9. The van der Waals surface area contributed by atoms with Crippen molar-refractivity contribution in [2.45, 2.75) is 18.9 Å². The lowest BCUT2D eigenvalue weighted by molar-refractivity contribution is -0.134. The molecule has 1 saturated heterocycles. The van der Waals surface area contributed by atoms with Crippen molar-refractivity contribution in [2.24, 2.45) is 0 Å². The van der Waals surface area contributed by atoms with E-state index in [1.807, 2.05) is 30.3 Å². The van der Waals surface area contributed by atoms with E-state index in [9.17, 15) is 14.4 Å². The van der Waals surface area contributed by atoms with Gasteiger partial charge in [0.2, 0.25) is 5.91 Å². The summed E-state index contributed by atoms with van der Waals surface area (Å²) in [6.07, 6.45) is 0.631. The molecule has 1 atom stereocenters. The molecule has 0 saturated carbocycles. The third-order valence-electron chi connectivity index (χ3n) is 4.87. The number of hydrogen-bond acceptors (Lipinski definition) is 4. The molecule has 0 aliphatic carbocycles. The molecular formula is C21H22BrN3O4. The molecule has 1 aliphatic heterocycles. The van der Waals surface area contributed by atoms with Crippen LogP contribution in [0.2, 0.25) is 0 Å². The number of amides is 4. The Labute approximate surface area is 177 Å². The molecule has 8 heteroatoms. The molecular weight excluding hydrogens is 438 g/mol. The van der Waals surface area contributed by atoms with Gasteiger partial charge in [0.15, 0.2) is 0 Å². The molecule has 29 heavy (non-hydrogen) atoms. The van der Waals surface area contributed by atoms with Gasteiger partial charge in [0, 0.05) is 11.0 Å². The van der Waals surface area contributed by atoms with Gasteiger partial charge in [0.1, 0.15) is 17.8 Å². The number of halogens is 1. The second kappa shape index (κ2) is 8.65. The van der Waals surface area contributed by atoms with Crippen molar-refractivity contribution in [2.75, 3.05) is 20.2 Å². The van der Waals surface area contributed by atoms with E-state index in [4.69, 9.17) is 4.74 Å². The van der Waals surface area contributed by atoms with Crippen molar-refractivity contribution >= 4 is 33.8 Å². The zero-order chi connectivity index (χ0) is 21.0. The highest BCUT2D eigenvalue weighted by atomic mass is 79.9. The highest BCUT2D eigenvalue weighted by Gasteiger charge is 2.49. The first-order chi connectivity index (χ1) is 13.8. The van der Waals surface area contributed by atoms with Gasteiger partial charge in [-0.1, -0.05) is 40.2 Å². The van der Waals surface area contributed by atoms with Crippen LogP contribution in [0.3, 0.4) is 0 Å². The normalized spacial score (nSPS) is 18.5. The van der Waals surface area contributed by atoms with Crippen LogP contribution in [0.4, 0.5) is 4.79 Å². The van der Waals surface area contributed by atoms with Gasteiger partial charge in [-0.2, -0.15) is 0 Å². The quantitative estimate of drug-likeness (QED) is 0.622. The van der Waals surface area contributed by atoms with E-state index in [2.05, 4.69) is 26.6 Å². The number of nitrogens with one attached hydrogen (secondary N) is 2. The Morgan fingerprint density at radius 1 is 1.21 bits per heavy atom. The van der Waals surface area contributed by atoms with Gasteiger partial charge in [0.25, 0.3) is 5.91 Å². The minimum Gasteiger partial charge on any atom is -0.497 e. The second-order valence-electron chi connectivity index (χ2n) is 6.90. The highest BCUT2D eigenvalue weighted by Crippen LogP contribution is 2.30. The predicted molar refractivity (Wildman–Crippen MR) is 111 cm³/mol. The van der Waals surface area contributed by atoms with Gasteiger partial charge in [-0.05, 0) is 48.7 Å². The number of nitrogens with zero attached hydrogens (tertiary/aromatic N) is 1. The van der Waals surface area contributed by atoms with Crippen molar-refractivity contribution in [3.8, 4) is 5.75 Å². The summed E-state index contributed by atoms with van der Waals surface area (Å²) >= 11 is 3.37.